The van der Waals surface area contributed by atoms with E-state index in [4.69, 9.17) is 0 Å². The highest BCUT2D eigenvalue weighted by Crippen LogP contribution is 2.35. The topological polar surface area (TPSA) is 66.5 Å². The third-order valence-electron chi connectivity index (χ3n) is 4.62. The largest absolute Gasteiger partial charge is 0.326 e. The predicted molar refractivity (Wildman–Crippen MR) is 86.5 cm³/mol. The van der Waals surface area contributed by atoms with Crippen LogP contribution in [0.15, 0.2) is 30.4 Å². The fourth-order valence-corrected chi connectivity index (χ4v) is 3.28. The van der Waals surface area contributed by atoms with E-state index < -0.39 is 0 Å². The van der Waals surface area contributed by atoms with Gasteiger partial charge < -0.3 is 5.32 Å². The van der Waals surface area contributed by atoms with E-state index in [1.54, 1.807) is 6.92 Å². The molecule has 1 heterocycles. The van der Waals surface area contributed by atoms with Gasteiger partial charge in [-0.05, 0) is 43.5 Å². The van der Waals surface area contributed by atoms with Gasteiger partial charge in [-0.2, -0.15) is 0 Å². The molecule has 126 valence electrons. The molecule has 0 saturated carbocycles. The van der Waals surface area contributed by atoms with E-state index in [1.165, 1.54) is 23.1 Å². The fourth-order valence-electron chi connectivity index (χ4n) is 3.28. The molecule has 2 unspecified atom stereocenters. The molecule has 24 heavy (non-hydrogen) atoms. The first kappa shape index (κ1) is 16.4. The van der Waals surface area contributed by atoms with Crippen LogP contribution in [-0.2, 0) is 14.4 Å². The lowest BCUT2D eigenvalue weighted by atomic mass is 9.85. The van der Waals surface area contributed by atoms with Crippen LogP contribution in [0.2, 0.25) is 0 Å². The summed E-state index contributed by atoms with van der Waals surface area (Å²) < 4.78 is 13.1. The first-order chi connectivity index (χ1) is 11.5. The number of amides is 3. The van der Waals surface area contributed by atoms with Crippen molar-refractivity contribution < 1.29 is 18.8 Å². The molecule has 0 bridgehead atoms. The molecule has 1 N–H and O–H groups in total. The SMILES string of the molecule is Cc1cc(F)ccc1NC(=O)CCN1C(=O)C2CC=CCC2C1=O. The number of hydrogen-bond donors (Lipinski definition) is 1. The van der Waals surface area contributed by atoms with Gasteiger partial charge in [-0.3, -0.25) is 19.3 Å². The summed E-state index contributed by atoms with van der Waals surface area (Å²) in [6.45, 7) is 1.78. The van der Waals surface area contributed by atoms with Crippen molar-refractivity contribution >= 4 is 23.4 Å². The minimum Gasteiger partial charge on any atom is -0.326 e. The second kappa shape index (κ2) is 6.55. The summed E-state index contributed by atoms with van der Waals surface area (Å²) in [6.07, 6.45) is 5.07. The third-order valence-corrected chi connectivity index (χ3v) is 4.62. The summed E-state index contributed by atoms with van der Waals surface area (Å²) >= 11 is 0. The minimum atomic E-state index is -0.366. The number of hydrogen-bond acceptors (Lipinski definition) is 3. The zero-order chi connectivity index (χ0) is 17.3. The van der Waals surface area contributed by atoms with Gasteiger partial charge in [0.25, 0.3) is 0 Å². The van der Waals surface area contributed by atoms with Crippen LogP contribution < -0.4 is 5.32 Å². The number of aryl methyl sites for hydroxylation is 1. The van der Waals surface area contributed by atoms with Crippen molar-refractivity contribution in [3.8, 4) is 0 Å². The molecule has 0 radical (unpaired) electrons. The van der Waals surface area contributed by atoms with Crippen molar-refractivity contribution in [1.29, 1.82) is 0 Å². The normalized spacial score (nSPS) is 22.7. The molecule has 2 aliphatic rings. The maximum Gasteiger partial charge on any atom is 0.233 e. The number of anilines is 1. The Bertz CT molecular complexity index is 703. The number of allylic oxidation sites excluding steroid dienone is 2. The highest BCUT2D eigenvalue weighted by atomic mass is 19.1. The average Bonchev–Trinajstić information content (AvgIpc) is 2.80. The fraction of sp³-hybridized carbons (Fsp3) is 0.389. The molecule has 2 atom stereocenters. The maximum absolute atomic E-state index is 13.1. The van der Waals surface area contributed by atoms with Crippen LogP contribution in [0.1, 0.15) is 24.8 Å². The number of fused-ring (bicyclic) bond motifs is 1. The second-order valence-corrected chi connectivity index (χ2v) is 6.24. The van der Waals surface area contributed by atoms with Crippen molar-refractivity contribution in [3.63, 3.8) is 0 Å². The third kappa shape index (κ3) is 3.09. The number of nitrogens with zero attached hydrogens (tertiary/aromatic N) is 1. The Morgan fingerprint density at radius 2 is 1.83 bits per heavy atom. The Balaban J connectivity index is 1.58. The van der Waals surface area contributed by atoms with E-state index >= 15 is 0 Å². The number of likely N-dealkylation sites (tertiary alicyclic amines) is 1. The zero-order valence-electron chi connectivity index (χ0n) is 13.4. The molecule has 6 heteroatoms. The highest BCUT2D eigenvalue weighted by molar-refractivity contribution is 6.05. The van der Waals surface area contributed by atoms with E-state index in [0.29, 0.717) is 24.1 Å². The number of carbonyl (C=O) groups excluding carboxylic acids is 3. The molecule has 3 rings (SSSR count). The van der Waals surface area contributed by atoms with Crippen molar-refractivity contribution in [2.75, 3.05) is 11.9 Å². The summed E-state index contributed by atoms with van der Waals surface area (Å²) in [4.78, 5) is 37.9. The van der Waals surface area contributed by atoms with E-state index in [-0.39, 0.29) is 48.3 Å². The van der Waals surface area contributed by atoms with Gasteiger partial charge >= 0.3 is 0 Å². The summed E-state index contributed by atoms with van der Waals surface area (Å²) in [5, 5.41) is 2.69. The van der Waals surface area contributed by atoms with Crippen molar-refractivity contribution in [2.24, 2.45) is 11.8 Å². The first-order valence-electron chi connectivity index (χ1n) is 8.03. The van der Waals surface area contributed by atoms with E-state index in [2.05, 4.69) is 5.32 Å². The lowest BCUT2D eigenvalue weighted by Gasteiger charge is -2.15. The molecule has 1 aromatic rings. The van der Waals surface area contributed by atoms with Gasteiger partial charge in [0, 0.05) is 18.7 Å². The van der Waals surface area contributed by atoms with Gasteiger partial charge in [-0.15, -0.1) is 0 Å². The smallest absolute Gasteiger partial charge is 0.233 e. The summed E-state index contributed by atoms with van der Waals surface area (Å²) in [6, 6.07) is 4.10. The van der Waals surface area contributed by atoms with Gasteiger partial charge in [-0.1, -0.05) is 12.2 Å². The van der Waals surface area contributed by atoms with E-state index in [9.17, 15) is 18.8 Å². The van der Waals surface area contributed by atoms with Gasteiger partial charge in [0.15, 0.2) is 0 Å². The molecule has 1 saturated heterocycles. The second-order valence-electron chi connectivity index (χ2n) is 6.24. The average molecular weight is 330 g/mol. The van der Waals surface area contributed by atoms with Crippen LogP contribution >= 0.6 is 0 Å². The molecular weight excluding hydrogens is 311 g/mol. The molecule has 3 amide bonds. The Hall–Kier alpha value is -2.50. The summed E-state index contributed by atoms with van der Waals surface area (Å²) in [5.41, 5.74) is 1.15. The molecule has 1 aliphatic carbocycles. The Morgan fingerprint density at radius 3 is 2.42 bits per heavy atom. The molecule has 0 spiro atoms. The zero-order valence-corrected chi connectivity index (χ0v) is 13.4. The standard InChI is InChI=1S/C18H19FN2O3/c1-11-10-12(19)6-7-15(11)20-16(22)8-9-21-17(23)13-4-2-3-5-14(13)18(21)24/h2-3,6-7,10,13-14H,4-5,8-9H2,1H3,(H,20,22). The lowest BCUT2D eigenvalue weighted by Crippen LogP contribution is -2.34. The first-order valence-corrected chi connectivity index (χ1v) is 8.03. The van der Waals surface area contributed by atoms with Crippen LogP contribution in [-0.4, -0.2) is 29.2 Å². The summed E-state index contributed by atoms with van der Waals surface area (Å²) in [7, 11) is 0. The molecular formula is C18H19FN2O3. The summed E-state index contributed by atoms with van der Waals surface area (Å²) in [5.74, 6) is -1.58. The Kier molecular flexibility index (Phi) is 4.46. The lowest BCUT2D eigenvalue weighted by molar-refractivity contribution is -0.140. The highest BCUT2D eigenvalue weighted by Gasteiger charge is 2.46. The number of nitrogens with one attached hydrogen (secondary N) is 1. The Morgan fingerprint density at radius 1 is 1.21 bits per heavy atom. The number of carbonyl (C=O) groups is 3. The predicted octanol–water partition coefficient (Wildman–Crippen LogP) is 2.41. The van der Waals surface area contributed by atoms with Crippen LogP contribution in [0, 0.1) is 24.6 Å². The van der Waals surface area contributed by atoms with E-state index in [1.807, 2.05) is 12.2 Å². The van der Waals surface area contributed by atoms with Gasteiger partial charge in [0.2, 0.25) is 17.7 Å². The van der Waals surface area contributed by atoms with Crippen molar-refractivity contribution in [1.82, 2.24) is 4.90 Å². The monoisotopic (exact) mass is 330 g/mol. The number of halogens is 1. The van der Waals surface area contributed by atoms with Crippen LogP contribution in [0.25, 0.3) is 0 Å². The van der Waals surface area contributed by atoms with E-state index in [0.717, 1.165) is 0 Å². The molecule has 1 aliphatic heterocycles. The minimum absolute atomic E-state index is 0.0289. The van der Waals surface area contributed by atoms with Crippen LogP contribution in [0.3, 0.4) is 0 Å². The quantitative estimate of drug-likeness (QED) is 0.681. The van der Waals surface area contributed by atoms with Crippen molar-refractivity contribution in [3.05, 3.63) is 41.7 Å². The number of imide groups is 1. The molecule has 1 aromatic carbocycles. The van der Waals surface area contributed by atoms with Crippen molar-refractivity contribution in [2.45, 2.75) is 26.2 Å². The number of benzene rings is 1. The van der Waals surface area contributed by atoms with Crippen LogP contribution in [0.4, 0.5) is 10.1 Å². The number of rotatable bonds is 4. The van der Waals surface area contributed by atoms with Gasteiger partial charge in [-0.25, -0.2) is 4.39 Å². The molecule has 5 nitrogen and oxygen atoms in total. The van der Waals surface area contributed by atoms with Gasteiger partial charge in [0.05, 0.1) is 11.8 Å². The molecule has 1 fully saturated rings. The van der Waals surface area contributed by atoms with Crippen LogP contribution in [0.5, 0.6) is 0 Å². The molecule has 0 aromatic heterocycles. The maximum atomic E-state index is 13.1. The van der Waals surface area contributed by atoms with Gasteiger partial charge in [0.1, 0.15) is 5.82 Å². The Labute approximate surface area is 139 Å².